The summed E-state index contributed by atoms with van der Waals surface area (Å²) in [5, 5.41) is 2.37. The van der Waals surface area contributed by atoms with Crippen LogP contribution in [0.25, 0.3) is 10.8 Å². The van der Waals surface area contributed by atoms with Crippen LogP contribution in [-0.2, 0) is 19.1 Å². The molecular formula is C21H22O4. The van der Waals surface area contributed by atoms with Crippen LogP contribution in [0.15, 0.2) is 42.5 Å². The van der Waals surface area contributed by atoms with E-state index in [1.165, 1.54) is 16.3 Å². The van der Waals surface area contributed by atoms with E-state index in [1.54, 1.807) is 13.8 Å². The van der Waals surface area contributed by atoms with Gasteiger partial charge in [-0.3, -0.25) is 9.59 Å². The van der Waals surface area contributed by atoms with Gasteiger partial charge in [-0.25, -0.2) is 0 Å². The van der Waals surface area contributed by atoms with Gasteiger partial charge >= 0.3 is 11.9 Å². The van der Waals surface area contributed by atoms with Crippen molar-refractivity contribution >= 4 is 22.7 Å². The molecule has 4 heteroatoms. The Morgan fingerprint density at radius 2 is 1.96 bits per heavy atom. The van der Waals surface area contributed by atoms with Gasteiger partial charge in [0.1, 0.15) is 0 Å². The van der Waals surface area contributed by atoms with Crippen LogP contribution in [0, 0.1) is 11.3 Å². The number of carbonyl (C=O) groups excluding carboxylic acids is 2. The fourth-order valence-electron chi connectivity index (χ4n) is 4.44. The standard InChI is InChI=1S/C21H22O4/c1-13(2)25-20(23)21-11-15(10-16(21)12-24-19(21)22)18-9-5-7-14-6-3-4-8-17(14)18/h3-9,13,15-16H,10-12H2,1-2H3. The summed E-state index contributed by atoms with van der Waals surface area (Å²) >= 11 is 0. The van der Waals surface area contributed by atoms with Crippen molar-refractivity contribution in [2.24, 2.45) is 11.3 Å². The number of hydrogen-bond acceptors (Lipinski definition) is 4. The molecule has 4 rings (SSSR count). The van der Waals surface area contributed by atoms with E-state index in [4.69, 9.17) is 9.47 Å². The number of hydrogen-bond donors (Lipinski definition) is 0. The number of ether oxygens (including phenoxy) is 2. The first-order chi connectivity index (χ1) is 12.0. The van der Waals surface area contributed by atoms with Gasteiger partial charge in [0.15, 0.2) is 5.41 Å². The summed E-state index contributed by atoms with van der Waals surface area (Å²) in [7, 11) is 0. The molecule has 1 saturated heterocycles. The number of benzene rings is 2. The van der Waals surface area contributed by atoms with Crippen molar-refractivity contribution < 1.29 is 19.1 Å². The first-order valence-corrected chi connectivity index (χ1v) is 8.88. The minimum Gasteiger partial charge on any atom is -0.464 e. The summed E-state index contributed by atoms with van der Waals surface area (Å²) in [6, 6.07) is 14.5. The molecule has 0 bridgehead atoms. The van der Waals surface area contributed by atoms with E-state index < -0.39 is 17.4 Å². The smallest absolute Gasteiger partial charge is 0.324 e. The van der Waals surface area contributed by atoms with Crippen LogP contribution in [0.5, 0.6) is 0 Å². The Hall–Kier alpha value is -2.36. The normalized spacial score (nSPS) is 28.2. The van der Waals surface area contributed by atoms with Crippen molar-refractivity contribution in [2.75, 3.05) is 6.61 Å². The van der Waals surface area contributed by atoms with Crippen LogP contribution in [0.2, 0.25) is 0 Å². The monoisotopic (exact) mass is 338 g/mol. The molecule has 2 aliphatic rings. The van der Waals surface area contributed by atoms with Crippen molar-refractivity contribution in [2.45, 2.75) is 38.7 Å². The zero-order chi connectivity index (χ0) is 17.6. The van der Waals surface area contributed by atoms with Crippen LogP contribution < -0.4 is 0 Å². The molecule has 0 radical (unpaired) electrons. The van der Waals surface area contributed by atoms with E-state index in [0.29, 0.717) is 13.0 Å². The van der Waals surface area contributed by atoms with Gasteiger partial charge in [0, 0.05) is 5.92 Å². The lowest BCUT2D eigenvalue weighted by molar-refractivity contribution is -0.168. The van der Waals surface area contributed by atoms with E-state index in [2.05, 4.69) is 24.3 Å². The van der Waals surface area contributed by atoms with Crippen LogP contribution in [0.3, 0.4) is 0 Å². The van der Waals surface area contributed by atoms with Gasteiger partial charge in [-0.1, -0.05) is 42.5 Å². The Balaban J connectivity index is 1.73. The maximum Gasteiger partial charge on any atom is 0.324 e. The van der Waals surface area contributed by atoms with Gasteiger partial charge in [-0.2, -0.15) is 0 Å². The van der Waals surface area contributed by atoms with Crippen LogP contribution >= 0.6 is 0 Å². The minimum atomic E-state index is -1.13. The topological polar surface area (TPSA) is 52.6 Å². The molecule has 130 valence electrons. The molecule has 25 heavy (non-hydrogen) atoms. The molecule has 3 atom stereocenters. The predicted octanol–water partition coefficient (Wildman–Crippen LogP) is 3.83. The molecule has 1 aliphatic carbocycles. The first kappa shape index (κ1) is 16.1. The lowest BCUT2D eigenvalue weighted by Gasteiger charge is -2.24. The molecule has 2 aromatic carbocycles. The van der Waals surface area contributed by atoms with Gasteiger partial charge in [0.2, 0.25) is 0 Å². The second kappa shape index (κ2) is 5.87. The highest BCUT2D eigenvalue weighted by atomic mass is 16.6. The summed E-state index contributed by atoms with van der Waals surface area (Å²) < 4.78 is 10.7. The molecule has 3 unspecified atom stereocenters. The number of fused-ring (bicyclic) bond motifs is 2. The molecule has 4 nitrogen and oxygen atoms in total. The lowest BCUT2D eigenvalue weighted by Crippen LogP contribution is -2.40. The Morgan fingerprint density at radius 1 is 1.20 bits per heavy atom. The van der Waals surface area contributed by atoms with Crippen molar-refractivity contribution in [1.82, 2.24) is 0 Å². The summed E-state index contributed by atoms with van der Waals surface area (Å²) in [6.07, 6.45) is 0.996. The average Bonchev–Trinajstić information content (AvgIpc) is 3.12. The maximum atomic E-state index is 12.8. The average molecular weight is 338 g/mol. The molecule has 0 spiro atoms. The molecule has 0 N–H and O–H groups in total. The van der Waals surface area contributed by atoms with Gasteiger partial charge in [0.05, 0.1) is 12.7 Å². The lowest BCUT2D eigenvalue weighted by atomic mass is 9.79. The first-order valence-electron chi connectivity index (χ1n) is 8.88. The predicted molar refractivity (Wildman–Crippen MR) is 94.0 cm³/mol. The molecule has 2 aromatic rings. The Kier molecular flexibility index (Phi) is 3.78. The minimum absolute atomic E-state index is 0.102. The second-order valence-corrected chi connectivity index (χ2v) is 7.43. The zero-order valence-electron chi connectivity index (χ0n) is 14.5. The maximum absolute atomic E-state index is 12.8. The Bertz CT molecular complexity index is 835. The molecule has 1 aliphatic heterocycles. The molecular weight excluding hydrogens is 316 g/mol. The summed E-state index contributed by atoms with van der Waals surface area (Å²) in [6.45, 7) is 3.93. The molecule has 1 heterocycles. The third-order valence-corrected chi connectivity index (χ3v) is 5.58. The highest BCUT2D eigenvalue weighted by Crippen LogP contribution is 2.56. The molecule has 0 amide bonds. The SMILES string of the molecule is CC(C)OC(=O)C12CC(c3cccc4ccccc34)CC1COC2=O. The number of carbonyl (C=O) groups is 2. The summed E-state index contributed by atoms with van der Waals surface area (Å²) in [5.41, 5.74) is 0.0725. The fraction of sp³-hybridized carbons (Fsp3) is 0.429. The van der Waals surface area contributed by atoms with Crippen molar-refractivity contribution in [1.29, 1.82) is 0 Å². The van der Waals surface area contributed by atoms with Gasteiger partial charge in [0.25, 0.3) is 0 Å². The molecule has 1 saturated carbocycles. The summed E-state index contributed by atoms with van der Waals surface area (Å²) in [4.78, 5) is 25.3. The third kappa shape index (κ3) is 2.43. The van der Waals surface area contributed by atoms with Crippen molar-refractivity contribution in [3.8, 4) is 0 Å². The van der Waals surface area contributed by atoms with Crippen molar-refractivity contribution in [3.63, 3.8) is 0 Å². The van der Waals surface area contributed by atoms with Crippen LogP contribution in [0.4, 0.5) is 0 Å². The van der Waals surface area contributed by atoms with Gasteiger partial charge in [-0.15, -0.1) is 0 Å². The summed E-state index contributed by atoms with van der Waals surface area (Å²) in [5.74, 6) is -0.775. The quantitative estimate of drug-likeness (QED) is 0.630. The largest absolute Gasteiger partial charge is 0.464 e. The van der Waals surface area contributed by atoms with Gasteiger partial charge < -0.3 is 9.47 Å². The van der Waals surface area contributed by atoms with Gasteiger partial charge in [-0.05, 0) is 48.9 Å². The van der Waals surface area contributed by atoms with Crippen LogP contribution in [-0.4, -0.2) is 24.6 Å². The van der Waals surface area contributed by atoms with E-state index in [0.717, 1.165) is 6.42 Å². The number of rotatable bonds is 3. The molecule has 0 aromatic heterocycles. The van der Waals surface area contributed by atoms with E-state index >= 15 is 0 Å². The van der Waals surface area contributed by atoms with Crippen molar-refractivity contribution in [3.05, 3.63) is 48.0 Å². The number of cyclic esters (lactones) is 1. The van der Waals surface area contributed by atoms with E-state index in [1.807, 2.05) is 18.2 Å². The second-order valence-electron chi connectivity index (χ2n) is 7.43. The molecule has 2 fully saturated rings. The van der Waals surface area contributed by atoms with Crippen LogP contribution in [0.1, 0.15) is 38.2 Å². The van der Waals surface area contributed by atoms with E-state index in [-0.39, 0.29) is 17.9 Å². The highest BCUT2D eigenvalue weighted by Gasteiger charge is 2.64. The number of esters is 2. The Morgan fingerprint density at radius 3 is 2.76 bits per heavy atom. The fourth-order valence-corrected chi connectivity index (χ4v) is 4.44. The van der Waals surface area contributed by atoms with E-state index in [9.17, 15) is 9.59 Å². The zero-order valence-corrected chi connectivity index (χ0v) is 14.5. The Labute approximate surface area is 147 Å². The third-order valence-electron chi connectivity index (χ3n) is 5.58. The highest BCUT2D eigenvalue weighted by molar-refractivity contribution is 6.02.